The van der Waals surface area contributed by atoms with Gasteiger partial charge in [0, 0.05) is 78.1 Å². The van der Waals surface area contributed by atoms with Crippen LogP contribution in [-0.2, 0) is 52.5 Å². The van der Waals surface area contributed by atoms with Crippen molar-refractivity contribution in [2.75, 3.05) is 6.26 Å². The number of carbonyl (C=O) groups excluding carboxylic acids is 1. The molecule has 0 unspecified atom stereocenters. The molecule has 2 aliphatic carbocycles. The lowest BCUT2D eigenvalue weighted by molar-refractivity contribution is -0.138. The van der Waals surface area contributed by atoms with E-state index in [0.29, 0.717) is 50.1 Å². The maximum absolute atomic E-state index is 15.5. The number of pyridine rings is 1. The van der Waals surface area contributed by atoms with E-state index in [0.717, 1.165) is 18.4 Å². The van der Waals surface area contributed by atoms with Crippen molar-refractivity contribution in [2.24, 2.45) is 13.0 Å². The van der Waals surface area contributed by atoms with Gasteiger partial charge in [0.25, 0.3) is 5.92 Å². The Hall–Kier alpha value is -5.03. The van der Waals surface area contributed by atoms with Crippen LogP contribution in [0.1, 0.15) is 78.3 Å². The second-order valence-electron chi connectivity index (χ2n) is 15.8. The highest BCUT2D eigenvalue weighted by atomic mass is 35.5. The molecule has 1 fully saturated rings. The number of aryl methyl sites for hydroxylation is 1. The lowest BCUT2D eigenvalue weighted by atomic mass is 9.86. The number of halogens is 8. The number of nitrogens with zero attached hydrogens (tertiary/aromatic N) is 6. The number of hydrogen-bond acceptors (Lipinski definition) is 6. The monoisotopic (exact) mass is 860 g/mol. The van der Waals surface area contributed by atoms with Crippen LogP contribution in [0.15, 0.2) is 61.1 Å². The molecule has 0 saturated heterocycles. The molecule has 6 aromatic rings. The standard InChI is InChI=1S/C41H36ClF7N6O3S/c1-20(2)55-16-23(15-50-55)33-8-6-27(28-5-7-32(42)36-34(19-59(4,57)58)52-53(3)38(28)36)37(51-33)22(9-21-10-24(43)13-25(44)11-21)12-26(56)17-54-18-31(41(47,48)49)35-29-14-30(29)40(45,46)39(35)54/h5-8,10-11,13,15-16,18,20,22,29-30H,9,12,14,17,19H2,1-4H3/t22-,29+,30-/m1/s1. The third-order valence-corrected chi connectivity index (χ3v) is 12.1. The largest absolute Gasteiger partial charge is 0.418 e. The predicted molar refractivity (Wildman–Crippen MR) is 206 cm³/mol. The summed E-state index contributed by atoms with van der Waals surface area (Å²) in [6.07, 6.45) is -0.765. The molecule has 9 nitrogen and oxygen atoms in total. The Morgan fingerprint density at radius 3 is 2.37 bits per heavy atom. The zero-order valence-electron chi connectivity index (χ0n) is 32.0. The van der Waals surface area contributed by atoms with E-state index in [1.54, 1.807) is 48.4 Å². The Balaban J connectivity index is 1.29. The van der Waals surface area contributed by atoms with Gasteiger partial charge in [0.2, 0.25) is 0 Å². The van der Waals surface area contributed by atoms with Crippen LogP contribution < -0.4 is 0 Å². The van der Waals surface area contributed by atoms with Gasteiger partial charge in [0.15, 0.2) is 15.6 Å². The van der Waals surface area contributed by atoms with Crippen LogP contribution in [0.25, 0.3) is 33.3 Å². The first-order chi connectivity index (χ1) is 27.6. The third-order valence-electron chi connectivity index (χ3n) is 11.0. The summed E-state index contributed by atoms with van der Waals surface area (Å²) < 4.78 is 132. The minimum absolute atomic E-state index is 0.0182. The second-order valence-corrected chi connectivity index (χ2v) is 18.4. The molecule has 0 N–H and O–H groups in total. The Morgan fingerprint density at radius 2 is 1.73 bits per heavy atom. The lowest BCUT2D eigenvalue weighted by Crippen LogP contribution is -2.23. The number of sulfone groups is 1. The number of ketones is 1. The number of carbonyl (C=O) groups is 1. The van der Waals surface area contributed by atoms with Gasteiger partial charge in [0.05, 0.1) is 57.4 Å². The average molecular weight is 861 g/mol. The molecule has 0 amide bonds. The van der Waals surface area contributed by atoms with Crippen molar-refractivity contribution >= 4 is 38.1 Å². The summed E-state index contributed by atoms with van der Waals surface area (Å²) in [5, 5.41) is 9.43. The van der Waals surface area contributed by atoms with E-state index in [9.17, 15) is 35.2 Å². The molecule has 0 aliphatic heterocycles. The maximum atomic E-state index is 15.5. The summed E-state index contributed by atoms with van der Waals surface area (Å²) >= 11 is 6.67. The van der Waals surface area contributed by atoms with Crippen molar-refractivity contribution < 1.29 is 43.9 Å². The fraction of sp³-hybridized carbons (Fsp3) is 0.366. The van der Waals surface area contributed by atoms with Crippen molar-refractivity contribution in [1.82, 2.24) is 29.1 Å². The van der Waals surface area contributed by atoms with Crippen LogP contribution in [-0.4, -0.2) is 49.6 Å². The molecule has 8 rings (SSSR count). The molecule has 4 aromatic heterocycles. The van der Waals surface area contributed by atoms with Gasteiger partial charge in [-0.1, -0.05) is 23.7 Å². The Morgan fingerprint density at radius 1 is 1.03 bits per heavy atom. The van der Waals surface area contributed by atoms with E-state index in [-0.39, 0.29) is 40.9 Å². The minimum Gasteiger partial charge on any atom is -0.338 e. The summed E-state index contributed by atoms with van der Waals surface area (Å²) in [4.78, 5) is 19.2. The molecular weight excluding hydrogens is 825 g/mol. The predicted octanol–water partition coefficient (Wildman–Crippen LogP) is 9.57. The van der Waals surface area contributed by atoms with Crippen LogP contribution in [0.5, 0.6) is 0 Å². The maximum Gasteiger partial charge on any atom is 0.418 e. The Kier molecular flexibility index (Phi) is 9.88. The van der Waals surface area contributed by atoms with Crippen molar-refractivity contribution in [3.8, 4) is 22.4 Å². The number of benzene rings is 2. The van der Waals surface area contributed by atoms with Crippen LogP contribution in [0.3, 0.4) is 0 Å². The van der Waals surface area contributed by atoms with Crippen molar-refractivity contribution in [3.05, 3.63) is 111 Å². The summed E-state index contributed by atoms with van der Waals surface area (Å²) in [5.74, 6) is -9.83. The number of aromatic nitrogens is 6. The molecule has 3 atom stereocenters. The van der Waals surface area contributed by atoms with E-state index in [2.05, 4.69) is 10.2 Å². The zero-order chi connectivity index (χ0) is 42.5. The minimum atomic E-state index is -4.94. The number of fused-ring (bicyclic) bond motifs is 4. The van der Waals surface area contributed by atoms with E-state index in [1.807, 2.05) is 13.8 Å². The third kappa shape index (κ3) is 7.55. The number of Topliss-reactive ketones (excluding diaryl/α,β-unsaturated/α-hetero) is 1. The van der Waals surface area contributed by atoms with Crippen molar-refractivity contribution in [3.63, 3.8) is 0 Å². The molecule has 4 heterocycles. The summed E-state index contributed by atoms with van der Waals surface area (Å²) in [5.41, 5.74) is 0.228. The number of hydrogen-bond donors (Lipinski definition) is 0. The Bertz CT molecular complexity index is 2770. The quantitative estimate of drug-likeness (QED) is 0.114. The van der Waals surface area contributed by atoms with Gasteiger partial charge < -0.3 is 4.57 Å². The van der Waals surface area contributed by atoms with Gasteiger partial charge in [0.1, 0.15) is 11.6 Å². The summed E-state index contributed by atoms with van der Waals surface area (Å²) in [6, 6.07) is 9.44. The summed E-state index contributed by atoms with van der Waals surface area (Å²) in [7, 11) is -1.98. The van der Waals surface area contributed by atoms with E-state index in [4.69, 9.17) is 16.6 Å². The first-order valence-electron chi connectivity index (χ1n) is 18.6. The fourth-order valence-corrected chi connectivity index (χ4v) is 9.48. The topological polar surface area (TPSA) is 105 Å². The molecule has 59 heavy (non-hydrogen) atoms. The normalized spacial score (nSPS) is 17.8. The SMILES string of the molecule is CC(C)n1cc(-c2ccc(-c3ccc(Cl)c4c(CS(C)(=O)=O)nn(C)c34)c([C@@H](CC(=O)Cn3cc(C(F)(F)F)c4c3C(F)(F)[C@@H]3C[C@H]43)Cc3cc(F)cc(F)c3)n2)cn1. The lowest BCUT2D eigenvalue weighted by Gasteiger charge is -2.22. The van der Waals surface area contributed by atoms with Crippen LogP contribution in [0, 0.1) is 17.6 Å². The van der Waals surface area contributed by atoms with Gasteiger partial charge in [-0.3, -0.25) is 19.1 Å². The van der Waals surface area contributed by atoms with Gasteiger partial charge in [-0.15, -0.1) is 0 Å². The molecule has 18 heteroatoms. The van der Waals surface area contributed by atoms with E-state index >= 15 is 8.78 Å². The first kappa shape index (κ1) is 40.7. The second kappa shape index (κ2) is 14.3. The average Bonchev–Trinajstić information content (AvgIpc) is 3.36. The van der Waals surface area contributed by atoms with E-state index < -0.39 is 92.6 Å². The number of alkyl halides is 5. The molecule has 2 aliphatic rings. The fourth-order valence-electron chi connectivity index (χ4n) is 8.52. The van der Waals surface area contributed by atoms with Crippen molar-refractivity contribution in [2.45, 2.75) is 75.4 Å². The highest BCUT2D eigenvalue weighted by molar-refractivity contribution is 7.89. The molecule has 0 radical (unpaired) electrons. The van der Waals surface area contributed by atoms with Crippen LogP contribution in [0.4, 0.5) is 30.7 Å². The molecule has 310 valence electrons. The van der Waals surface area contributed by atoms with Gasteiger partial charge in [-0.05, 0) is 68.0 Å². The first-order valence-corrected chi connectivity index (χ1v) is 21.1. The van der Waals surface area contributed by atoms with Crippen molar-refractivity contribution in [1.29, 1.82) is 0 Å². The van der Waals surface area contributed by atoms with E-state index in [1.165, 1.54) is 4.68 Å². The van der Waals surface area contributed by atoms with Gasteiger partial charge in [-0.25, -0.2) is 17.2 Å². The Labute approximate surface area is 338 Å². The highest BCUT2D eigenvalue weighted by Crippen LogP contribution is 2.69. The number of rotatable bonds is 12. The molecule has 2 aromatic carbocycles. The van der Waals surface area contributed by atoms with Gasteiger partial charge >= 0.3 is 6.18 Å². The smallest absolute Gasteiger partial charge is 0.338 e. The molecule has 0 spiro atoms. The summed E-state index contributed by atoms with van der Waals surface area (Å²) in [6.45, 7) is 3.01. The zero-order valence-corrected chi connectivity index (χ0v) is 33.5. The van der Waals surface area contributed by atoms with Gasteiger partial charge in [-0.2, -0.15) is 32.1 Å². The highest BCUT2D eigenvalue weighted by Gasteiger charge is 2.67. The molecule has 0 bridgehead atoms. The molecule has 1 saturated carbocycles. The van der Waals surface area contributed by atoms with Crippen LogP contribution >= 0.6 is 11.6 Å². The molecular formula is C41H36ClF7N6O3S. The van der Waals surface area contributed by atoms with Crippen LogP contribution in [0.2, 0.25) is 5.02 Å².